The molecule has 2 rings (SSSR count). The van der Waals surface area contributed by atoms with E-state index in [4.69, 9.17) is 0 Å². The number of aromatic nitrogens is 2. The molecule has 16 heavy (non-hydrogen) atoms. The summed E-state index contributed by atoms with van der Waals surface area (Å²) in [4.78, 5) is 27.6. The third kappa shape index (κ3) is 1.88. The molecule has 0 fully saturated rings. The van der Waals surface area contributed by atoms with Gasteiger partial charge in [0.1, 0.15) is 5.69 Å². The molecule has 0 saturated carbocycles. The molecule has 2 N–H and O–H groups in total. The van der Waals surface area contributed by atoms with Gasteiger partial charge in [0.05, 0.1) is 7.11 Å². The van der Waals surface area contributed by atoms with Crippen molar-refractivity contribution < 1.29 is 9.53 Å². The summed E-state index contributed by atoms with van der Waals surface area (Å²) >= 11 is 0. The Balaban J connectivity index is 2.39. The predicted octanol–water partition coefficient (Wildman–Crippen LogP) is 1.16. The number of aromatic amines is 2. The topological polar surface area (TPSA) is 75.0 Å². The Morgan fingerprint density at radius 3 is 2.75 bits per heavy atom. The van der Waals surface area contributed by atoms with Gasteiger partial charge in [-0.15, -0.1) is 0 Å². The van der Waals surface area contributed by atoms with Crippen LogP contribution in [0.5, 0.6) is 0 Å². The first-order valence-electron chi connectivity index (χ1n) is 4.66. The van der Waals surface area contributed by atoms with Crippen molar-refractivity contribution in [3.63, 3.8) is 0 Å². The Bertz CT molecular complexity index is 568. The SMILES string of the molecule is COC(=O)c1cc(-c2cc[nH]c(=O)c2)c[nH]1. The number of hydrogen-bond donors (Lipinski definition) is 2. The van der Waals surface area contributed by atoms with Crippen LogP contribution in [-0.2, 0) is 4.74 Å². The monoisotopic (exact) mass is 218 g/mol. The predicted molar refractivity (Wildman–Crippen MR) is 58.2 cm³/mol. The molecular formula is C11H10N2O3. The van der Waals surface area contributed by atoms with E-state index in [0.29, 0.717) is 5.69 Å². The van der Waals surface area contributed by atoms with Gasteiger partial charge in [-0.2, -0.15) is 0 Å². The van der Waals surface area contributed by atoms with Crippen LogP contribution in [0, 0.1) is 0 Å². The number of hydrogen-bond acceptors (Lipinski definition) is 3. The fourth-order valence-corrected chi connectivity index (χ4v) is 1.41. The third-order valence-corrected chi connectivity index (χ3v) is 2.20. The van der Waals surface area contributed by atoms with Crippen LogP contribution in [0.2, 0.25) is 0 Å². The van der Waals surface area contributed by atoms with Crippen molar-refractivity contribution in [2.24, 2.45) is 0 Å². The van der Waals surface area contributed by atoms with Crippen molar-refractivity contribution in [2.75, 3.05) is 7.11 Å². The fraction of sp³-hybridized carbons (Fsp3) is 0.0909. The number of rotatable bonds is 2. The van der Waals surface area contributed by atoms with Crippen LogP contribution in [-0.4, -0.2) is 23.0 Å². The highest BCUT2D eigenvalue weighted by atomic mass is 16.5. The van der Waals surface area contributed by atoms with Gasteiger partial charge in [0.25, 0.3) is 0 Å². The Hall–Kier alpha value is -2.30. The molecule has 2 aromatic rings. The Morgan fingerprint density at radius 1 is 1.25 bits per heavy atom. The molecular weight excluding hydrogens is 208 g/mol. The molecule has 0 radical (unpaired) electrons. The standard InChI is InChI=1S/C11H10N2O3/c1-16-11(15)9-4-8(6-13-9)7-2-3-12-10(14)5-7/h2-6,13H,1H3,(H,12,14). The number of H-pyrrole nitrogens is 2. The summed E-state index contributed by atoms with van der Waals surface area (Å²) in [6.07, 6.45) is 3.21. The highest BCUT2D eigenvalue weighted by molar-refractivity contribution is 5.89. The van der Waals surface area contributed by atoms with Gasteiger partial charge >= 0.3 is 5.97 Å². The van der Waals surface area contributed by atoms with E-state index in [2.05, 4.69) is 14.7 Å². The molecule has 0 saturated heterocycles. The van der Waals surface area contributed by atoms with Gasteiger partial charge in [0.15, 0.2) is 0 Å². The minimum absolute atomic E-state index is 0.182. The Labute approximate surface area is 91.1 Å². The molecule has 0 amide bonds. The van der Waals surface area contributed by atoms with E-state index in [1.165, 1.54) is 13.2 Å². The summed E-state index contributed by atoms with van der Waals surface area (Å²) < 4.78 is 4.57. The van der Waals surface area contributed by atoms with E-state index in [9.17, 15) is 9.59 Å². The van der Waals surface area contributed by atoms with Crippen molar-refractivity contribution in [2.45, 2.75) is 0 Å². The first-order valence-corrected chi connectivity index (χ1v) is 4.66. The van der Waals surface area contributed by atoms with Crippen LogP contribution in [0.3, 0.4) is 0 Å². The molecule has 0 spiro atoms. The van der Waals surface area contributed by atoms with Gasteiger partial charge in [-0.1, -0.05) is 0 Å². The van der Waals surface area contributed by atoms with E-state index in [1.807, 2.05) is 0 Å². The molecule has 0 aliphatic rings. The summed E-state index contributed by atoms with van der Waals surface area (Å²) in [5, 5.41) is 0. The lowest BCUT2D eigenvalue weighted by atomic mass is 10.1. The molecule has 0 bridgehead atoms. The normalized spacial score (nSPS) is 10.1. The highest BCUT2D eigenvalue weighted by Crippen LogP contribution is 2.18. The summed E-state index contributed by atoms with van der Waals surface area (Å²) in [5.41, 5.74) is 1.69. The second-order valence-corrected chi connectivity index (χ2v) is 3.24. The third-order valence-electron chi connectivity index (χ3n) is 2.20. The molecule has 0 unspecified atom stereocenters. The van der Waals surface area contributed by atoms with Crippen LogP contribution in [0.1, 0.15) is 10.5 Å². The van der Waals surface area contributed by atoms with Gasteiger partial charge < -0.3 is 14.7 Å². The second-order valence-electron chi connectivity index (χ2n) is 3.24. The molecule has 2 heterocycles. The zero-order valence-electron chi connectivity index (χ0n) is 8.61. The minimum atomic E-state index is -0.434. The van der Waals surface area contributed by atoms with E-state index in [0.717, 1.165) is 11.1 Å². The molecule has 5 heteroatoms. The zero-order valence-corrected chi connectivity index (χ0v) is 8.61. The van der Waals surface area contributed by atoms with Crippen molar-refractivity contribution in [1.82, 2.24) is 9.97 Å². The number of ether oxygens (including phenoxy) is 1. The number of carbonyl (C=O) groups is 1. The first-order chi connectivity index (χ1) is 7.70. The zero-order chi connectivity index (χ0) is 11.5. The van der Waals surface area contributed by atoms with E-state index >= 15 is 0 Å². The number of methoxy groups -OCH3 is 1. The number of carbonyl (C=O) groups excluding carboxylic acids is 1. The molecule has 0 aliphatic carbocycles. The summed E-state index contributed by atoms with van der Waals surface area (Å²) in [6, 6.07) is 4.86. The van der Waals surface area contributed by atoms with Gasteiger partial charge in [0, 0.05) is 24.0 Å². The van der Waals surface area contributed by atoms with Crippen LogP contribution < -0.4 is 5.56 Å². The lowest BCUT2D eigenvalue weighted by Gasteiger charge is -1.94. The quantitative estimate of drug-likeness (QED) is 0.742. The van der Waals surface area contributed by atoms with Gasteiger partial charge in [-0.3, -0.25) is 4.79 Å². The van der Waals surface area contributed by atoms with Crippen molar-refractivity contribution >= 4 is 5.97 Å². The van der Waals surface area contributed by atoms with E-state index in [1.54, 1.807) is 24.5 Å². The fourth-order valence-electron chi connectivity index (χ4n) is 1.41. The lowest BCUT2D eigenvalue weighted by molar-refractivity contribution is 0.0595. The van der Waals surface area contributed by atoms with Crippen LogP contribution in [0.25, 0.3) is 11.1 Å². The first kappa shape index (κ1) is 10.2. The smallest absolute Gasteiger partial charge is 0.354 e. The average Bonchev–Trinajstić information content (AvgIpc) is 2.77. The maximum absolute atomic E-state index is 11.2. The highest BCUT2D eigenvalue weighted by Gasteiger charge is 2.09. The van der Waals surface area contributed by atoms with Crippen LogP contribution >= 0.6 is 0 Å². The van der Waals surface area contributed by atoms with Crippen LogP contribution in [0.15, 0.2) is 35.4 Å². The molecule has 5 nitrogen and oxygen atoms in total. The molecule has 0 atom stereocenters. The number of nitrogens with one attached hydrogen (secondary N) is 2. The Kier molecular flexibility index (Phi) is 2.59. The van der Waals surface area contributed by atoms with E-state index < -0.39 is 5.97 Å². The van der Waals surface area contributed by atoms with Crippen LogP contribution in [0.4, 0.5) is 0 Å². The van der Waals surface area contributed by atoms with E-state index in [-0.39, 0.29) is 5.56 Å². The summed E-state index contributed by atoms with van der Waals surface area (Å²) in [7, 11) is 1.32. The Morgan fingerprint density at radius 2 is 2.06 bits per heavy atom. The maximum atomic E-state index is 11.2. The molecule has 0 aliphatic heterocycles. The number of pyridine rings is 1. The summed E-state index contributed by atoms with van der Waals surface area (Å²) in [6.45, 7) is 0. The average molecular weight is 218 g/mol. The van der Waals surface area contributed by atoms with Crippen molar-refractivity contribution in [3.05, 3.63) is 46.6 Å². The molecule has 0 aromatic carbocycles. The maximum Gasteiger partial charge on any atom is 0.354 e. The number of esters is 1. The van der Waals surface area contributed by atoms with Gasteiger partial charge in [0.2, 0.25) is 5.56 Å². The minimum Gasteiger partial charge on any atom is -0.464 e. The summed E-state index contributed by atoms with van der Waals surface area (Å²) in [5.74, 6) is -0.434. The van der Waals surface area contributed by atoms with Gasteiger partial charge in [-0.05, 0) is 17.7 Å². The largest absolute Gasteiger partial charge is 0.464 e. The lowest BCUT2D eigenvalue weighted by Crippen LogP contribution is -2.02. The molecule has 2 aromatic heterocycles. The van der Waals surface area contributed by atoms with Gasteiger partial charge in [-0.25, -0.2) is 4.79 Å². The van der Waals surface area contributed by atoms with Crippen molar-refractivity contribution in [3.8, 4) is 11.1 Å². The van der Waals surface area contributed by atoms with Crippen molar-refractivity contribution in [1.29, 1.82) is 0 Å². The second kappa shape index (κ2) is 4.06. The molecule has 82 valence electrons.